The second kappa shape index (κ2) is 5.47. The monoisotopic (exact) mass is 274 g/mol. The van der Waals surface area contributed by atoms with E-state index in [9.17, 15) is 9.59 Å². The number of amides is 1. The molecule has 2 aromatic rings. The van der Waals surface area contributed by atoms with Crippen molar-refractivity contribution < 1.29 is 4.79 Å². The highest BCUT2D eigenvalue weighted by Crippen LogP contribution is 2.08. The highest BCUT2D eigenvalue weighted by molar-refractivity contribution is 6.02. The van der Waals surface area contributed by atoms with Crippen molar-refractivity contribution in [3.05, 3.63) is 40.6 Å². The Kier molecular flexibility index (Phi) is 3.74. The molecule has 2 rings (SSSR count). The SMILES string of the molecule is CN(C)c1ncc(NC(=O)c2ccc(=O)n(C)n2)cn1. The molecule has 8 nitrogen and oxygen atoms in total. The minimum absolute atomic E-state index is 0.142. The van der Waals surface area contributed by atoms with Crippen LogP contribution in [-0.2, 0) is 7.05 Å². The summed E-state index contributed by atoms with van der Waals surface area (Å²) in [7, 11) is 5.12. The van der Waals surface area contributed by atoms with E-state index in [1.807, 2.05) is 14.1 Å². The molecule has 2 aromatic heterocycles. The van der Waals surface area contributed by atoms with Crippen LogP contribution in [0.4, 0.5) is 11.6 Å². The van der Waals surface area contributed by atoms with E-state index in [1.54, 1.807) is 4.90 Å². The molecule has 1 N–H and O–H groups in total. The zero-order chi connectivity index (χ0) is 14.7. The molecular formula is C12H14N6O2. The zero-order valence-electron chi connectivity index (χ0n) is 11.4. The lowest BCUT2D eigenvalue weighted by atomic mass is 10.3. The molecule has 0 spiro atoms. The quantitative estimate of drug-likeness (QED) is 0.839. The predicted octanol–water partition coefficient (Wildman–Crippen LogP) is -0.111. The molecule has 0 aliphatic carbocycles. The van der Waals surface area contributed by atoms with Gasteiger partial charge in [0.15, 0.2) is 0 Å². The van der Waals surface area contributed by atoms with Crippen molar-refractivity contribution in [3.63, 3.8) is 0 Å². The minimum Gasteiger partial charge on any atom is -0.347 e. The number of rotatable bonds is 3. The Morgan fingerprint density at radius 3 is 2.45 bits per heavy atom. The molecule has 104 valence electrons. The van der Waals surface area contributed by atoms with Crippen molar-refractivity contribution in [1.82, 2.24) is 19.7 Å². The van der Waals surface area contributed by atoms with Gasteiger partial charge in [-0.15, -0.1) is 0 Å². The summed E-state index contributed by atoms with van der Waals surface area (Å²) in [5.41, 5.74) is 0.320. The van der Waals surface area contributed by atoms with Gasteiger partial charge in [0, 0.05) is 27.2 Å². The summed E-state index contributed by atoms with van der Waals surface area (Å²) in [5, 5.41) is 6.47. The standard InChI is InChI=1S/C12H14N6O2/c1-17(2)12-13-6-8(7-14-12)15-11(20)9-4-5-10(19)18(3)16-9/h4-7H,1-3H3,(H,15,20). The second-order valence-corrected chi connectivity index (χ2v) is 4.30. The molecule has 2 heterocycles. The van der Waals surface area contributed by atoms with Gasteiger partial charge in [-0.05, 0) is 6.07 Å². The molecule has 0 radical (unpaired) electrons. The molecule has 0 unspecified atom stereocenters. The summed E-state index contributed by atoms with van der Waals surface area (Å²) < 4.78 is 1.10. The lowest BCUT2D eigenvalue weighted by Crippen LogP contribution is -2.23. The molecule has 0 atom stereocenters. The van der Waals surface area contributed by atoms with Crippen LogP contribution in [0.3, 0.4) is 0 Å². The summed E-state index contributed by atoms with van der Waals surface area (Å²) in [6, 6.07) is 2.65. The smallest absolute Gasteiger partial charge is 0.276 e. The van der Waals surface area contributed by atoms with Crippen LogP contribution in [0.5, 0.6) is 0 Å². The van der Waals surface area contributed by atoms with E-state index >= 15 is 0 Å². The molecule has 0 bridgehead atoms. The van der Waals surface area contributed by atoms with E-state index < -0.39 is 5.91 Å². The van der Waals surface area contributed by atoms with Crippen molar-refractivity contribution in [2.24, 2.45) is 7.05 Å². The van der Waals surface area contributed by atoms with Gasteiger partial charge in [0.25, 0.3) is 11.5 Å². The Morgan fingerprint density at radius 2 is 1.90 bits per heavy atom. The number of aromatic nitrogens is 4. The molecule has 0 saturated carbocycles. The molecule has 8 heteroatoms. The third-order valence-electron chi connectivity index (χ3n) is 2.49. The van der Waals surface area contributed by atoms with Gasteiger partial charge in [0.2, 0.25) is 5.95 Å². The van der Waals surface area contributed by atoms with E-state index in [0.29, 0.717) is 11.6 Å². The Labute approximate surface area is 115 Å². The van der Waals surface area contributed by atoms with Crippen molar-refractivity contribution >= 4 is 17.5 Å². The topological polar surface area (TPSA) is 93.0 Å². The minimum atomic E-state index is -0.429. The zero-order valence-corrected chi connectivity index (χ0v) is 11.4. The van der Waals surface area contributed by atoms with Crippen LogP contribution in [-0.4, -0.2) is 39.8 Å². The second-order valence-electron chi connectivity index (χ2n) is 4.30. The van der Waals surface area contributed by atoms with Crippen LogP contribution in [0.2, 0.25) is 0 Å². The van der Waals surface area contributed by atoms with Gasteiger partial charge in [-0.1, -0.05) is 0 Å². The molecule has 20 heavy (non-hydrogen) atoms. The average molecular weight is 274 g/mol. The van der Waals surface area contributed by atoms with Crippen LogP contribution in [0.25, 0.3) is 0 Å². The Bertz CT molecular complexity index is 677. The molecule has 0 saturated heterocycles. The van der Waals surface area contributed by atoms with Crippen molar-refractivity contribution in [1.29, 1.82) is 0 Å². The van der Waals surface area contributed by atoms with E-state index in [4.69, 9.17) is 0 Å². The number of nitrogens with one attached hydrogen (secondary N) is 1. The molecule has 0 aromatic carbocycles. The van der Waals surface area contributed by atoms with Crippen molar-refractivity contribution in [2.75, 3.05) is 24.3 Å². The summed E-state index contributed by atoms with van der Waals surface area (Å²) in [4.78, 5) is 33.1. The van der Waals surface area contributed by atoms with Crippen molar-refractivity contribution in [3.8, 4) is 0 Å². The van der Waals surface area contributed by atoms with Gasteiger partial charge in [-0.3, -0.25) is 9.59 Å². The first-order chi connectivity index (χ1) is 9.47. The van der Waals surface area contributed by atoms with Gasteiger partial charge >= 0.3 is 0 Å². The normalized spacial score (nSPS) is 10.2. The van der Waals surface area contributed by atoms with Crippen LogP contribution >= 0.6 is 0 Å². The fourth-order valence-corrected chi connectivity index (χ4v) is 1.44. The molecular weight excluding hydrogens is 260 g/mol. The number of carbonyl (C=O) groups is 1. The van der Waals surface area contributed by atoms with Crippen molar-refractivity contribution in [2.45, 2.75) is 0 Å². The van der Waals surface area contributed by atoms with Crippen LogP contribution < -0.4 is 15.8 Å². The number of hydrogen-bond donors (Lipinski definition) is 1. The van der Waals surface area contributed by atoms with Crippen LogP contribution in [0.15, 0.2) is 29.3 Å². The molecule has 0 fully saturated rings. The van der Waals surface area contributed by atoms with Crippen LogP contribution in [0.1, 0.15) is 10.5 Å². The maximum Gasteiger partial charge on any atom is 0.276 e. The summed E-state index contributed by atoms with van der Waals surface area (Å²) in [5.74, 6) is 0.116. The Morgan fingerprint density at radius 1 is 1.25 bits per heavy atom. The van der Waals surface area contributed by atoms with Gasteiger partial charge in [0.1, 0.15) is 5.69 Å². The maximum atomic E-state index is 11.9. The van der Waals surface area contributed by atoms with E-state index in [0.717, 1.165) is 4.68 Å². The Balaban J connectivity index is 2.14. The fraction of sp³-hybridized carbons (Fsp3) is 0.250. The van der Waals surface area contributed by atoms with Crippen LogP contribution in [0, 0.1) is 0 Å². The fourth-order valence-electron chi connectivity index (χ4n) is 1.44. The summed E-state index contributed by atoms with van der Waals surface area (Å²) in [6.45, 7) is 0. The number of carbonyl (C=O) groups excluding carboxylic acids is 1. The highest BCUT2D eigenvalue weighted by atomic mass is 16.2. The first-order valence-electron chi connectivity index (χ1n) is 5.82. The van der Waals surface area contributed by atoms with E-state index in [2.05, 4.69) is 20.4 Å². The average Bonchev–Trinajstić information content (AvgIpc) is 2.42. The third kappa shape index (κ3) is 2.97. The van der Waals surface area contributed by atoms with Gasteiger partial charge < -0.3 is 10.2 Å². The number of anilines is 2. The molecule has 0 aliphatic heterocycles. The maximum absolute atomic E-state index is 11.9. The lowest BCUT2D eigenvalue weighted by Gasteiger charge is -2.10. The van der Waals surface area contributed by atoms with Gasteiger partial charge in [-0.2, -0.15) is 5.10 Å². The number of aryl methyl sites for hydroxylation is 1. The predicted molar refractivity (Wildman–Crippen MR) is 73.8 cm³/mol. The largest absolute Gasteiger partial charge is 0.347 e. The molecule has 0 aliphatic rings. The first kappa shape index (κ1) is 13.7. The van der Waals surface area contributed by atoms with Gasteiger partial charge in [0.05, 0.1) is 18.1 Å². The van der Waals surface area contributed by atoms with E-state index in [1.165, 1.54) is 31.6 Å². The van der Waals surface area contributed by atoms with E-state index in [-0.39, 0.29) is 11.3 Å². The summed E-state index contributed by atoms with van der Waals surface area (Å²) >= 11 is 0. The third-order valence-corrected chi connectivity index (χ3v) is 2.49. The lowest BCUT2D eigenvalue weighted by molar-refractivity contribution is 0.102. The molecule has 1 amide bonds. The first-order valence-corrected chi connectivity index (χ1v) is 5.82. The summed E-state index contributed by atoms with van der Waals surface area (Å²) in [6.07, 6.45) is 3.00. The highest BCUT2D eigenvalue weighted by Gasteiger charge is 2.09. The van der Waals surface area contributed by atoms with Gasteiger partial charge in [-0.25, -0.2) is 14.6 Å². The number of nitrogens with zero attached hydrogens (tertiary/aromatic N) is 5. The Hall–Kier alpha value is -2.77. The number of hydrogen-bond acceptors (Lipinski definition) is 6.